The highest BCUT2D eigenvalue weighted by Gasteiger charge is 2.36. The zero-order valence-corrected chi connectivity index (χ0v) is 10.7. The predicted molar refractivity (Wildman–Crippen MR) is 70.8 cm³/mol. The van der Waals surface area contributed by atoms with E-state index in [1.54, 1.807) is 0 Å². The minimum absolute atomic E-state index is 0.212. The van der Waals surface area contributed by atoms with Crippen LogP contribution in [0.4, 0.5) is 0 Å². The first-order valence-corrected chi connectivity index (χ1v) is 6.69. The maximum Gasteiger partial charge on any atom is 0.0515 e. The lowest BCUT2D eigenvalue weighted by Crippen LogP contribution is -2.47. The van der Waals surface area contributed by atoms with E-state index in [-0.39, 0.29) is 5.54 Å². The molecule has 17 heavy (non-hydrogen) atoms. The van der Waals surface area contributed by atoms with Gasteiger partial charge in [-0.15, -0.1) is 0 Å². The standard InChI is InChI=1S/C15H23NO/c1-2-10-15(16,13-7-4-3-5-8-13)14-9-6-11-17-12-14/h3-5,7-8,14H,2,6,9-12,16H2,1H3. The predicted octanol–water partition coefficient (Wildman–Crippen LogP) is 3.07. The lowest BCUT2D eigenvalue weighted by atomic mass is 9.73. The van der Waals surface area contributed by atoms with Gasteiger partial charge < -0.3 is 10.5 Å². The van der Waals surface area contributed by atoms with Crippen molar-refractivity contribution in [3.8, 4) is 0 Å². The Bertz CT molecular complexity index is 332. The highest BCUT2D eigenvalue weighted by Crippen LogP contribution is 2.36. The fourth-order valence-corrected chi connectivity index (χ4v) is 2.89. The molecule has 0 aromatic heterocycles. The van der Waals surface area contributed by atoms with Crippen LogP contribution in [0.2, 0.25) is 0 Å². The van der Waals surface area contributed by atoms with E-state index >= 15 is 0 Å². The van der Waals surface area contributed by atoms with Crippen LogP contribution in [0.15, 0.2) is 30.3 Å². The third kappa shape index (κ3) is 2.70. The van der Waals surface area contributed by atoms with E-state index < -0.39 is 0 Å². The van der Waals surface area contributed by atoms with Crippen molar-refractivity contribution in [3.05, 3.63) is 35.9 Å². The Kier molecular flexibility index (Phi) is 4.19. The summed E-state index contributed by atoms with van der Waals surface area (Å²) in [6.07, 6.45) is 4.47. The first kappa shape index (κ1) is 12.6. The molecule has 1 heterocycles. The lowest BCUT2D eigenvalue weighted by Gasteiger charge is -2.40. The molecule has 1 aliphatic rings. The molecule has 1 saturated heterocycles. The van der Waals surface area contributed by atoms with Gasteiger partial charge in [-0.2, -0.15) is 0 Å². The van der Waals surface area contributed by atoms with Crippen molar-refractivity contribution >= 4 is 0 Å². The summed E-state index contributed by atoms with van der Waals surface area (Å²) in [5.74, 6) is 0.457. The number of ether oxygens (including phenoxy) is 1. The van der Waals surface area contributed by atoms with Crippen molar-refractivity contribution in [1.82, 2.24) is 0 Å². The first-order chi connectivity index (χ1) is 8.27. The highest BCUT2D eigenvalue weighted by atomic mass is 16.5. The zero-order valence-electron chi connectivity index (χ0n) is 10.7. The van der Waals surface area contributed by atoms with Gasteiger partial charge in [-0.05, 0) is 24.8 Å². The van der Waals surface area contributed by atoms with E-state index in [4.69, 9.17) is 10.5 Å². The Hall–Kier alpha value is -0.860. The highest BCUT2D eigenvalue weighted by molar-refractivity contribution is 5.25. The molecular formula is C15H23NO. The van der Waals surface area contributed by atoms with Crippen LogP contribution in [0, 0.1) is 5.92 Å². The molecule has 2 N–H and O–H groups in total. The van der Waals surface area contributed by atoms with Gasteiger partial charge in [-0.1, -0.05) is 43.7 Å². The molecule has 1 fully saturated rings. The summed E-state index contributed by atoms with van der Waals surface area (Å²) in [7, 11) is 0. The van der Waals surface area contributed by atoms with E-state index in [1.165, 1.54) is 12.0 Å². The minimum atomic E-state index is -0.212. The molecule has 2 heteroatoms. The monoisotopic (exact) mass is 233 g/mol. The van der Waals surface area contributed by atoms with Crippen LogP contribution in [-0.4, -0.2) is 13.2 Å². The summed E-state index contributed by atoms with van der Waals surface area (Å²) < 4.78 is 5.62. The normalized spacial score (nSPS) is 24.2. The fraction of sp³-hybridized carbons (Fsp3) is 0.600. The van der Waals surface area contributed by atoms with Crippen molar-refractivity contribution in [2.45, 2.75) is 38.1 Å². The van der Waals surface area contributed by atoms with Gasteiger partial charge in [0.15, 0.2) is 0 Å². The molecule has 0 amide bonds. The summed E-state index contributed by atoms with van der Waals surface area (Å²) in [5, 5.41) is 0. The topological polar surface area (TPSA) is 35.2 Å². The summed E-state index contributed by atoms with van der Waals surface area (Å²) >= 11 is 0. The van der Waals surface area contributed by atoms with E-state index in [9.17, 15) is 0 Å². The van der Waals surface area contributed by atoms with Gasteiger partial charge in [0.05, 0.1) is 6.61 Å². The van der Waals surface area contributed by atoms with Gasteiger partial charge in [0.25, 0.3) is 0 Å². The summed E-state index contributed by atoms with van der Waals surface area (Å²) in [6, 6.07) is 10.5. The van der Waals surface area contributed by atoms with Gasteiger partial charge in [-0.3, -0.25) is 0 Å². The average Bonchev–Trinajstić information content (AvgIpc) is 2.41. The maximum absolute atomic E-state index is 6.72. The molecule has 2 nitrogen and oxygen atoms in total. The number of hydrogen-bond donors (Lipinski definition) is 1. The molecule has 1 aromatic rings. The largest absolute Gasteiger partial charge is 0.381 e. The molecule has 0 aliphatic carbocycles. The van der Waals surface area contributed by atoms with Gasteiger partial charge in [0, 0.05) is 18.1 Å². The average molecular weight is 233 g/mol. The number of nitrogens with two attached hydrogens (primary N) is 1. The molecular weight excluding hydrogens is 210 g/mol. The summed E-state index contributed by atoms with van der Waals surface area (Å²) in [5.41, 5.74) is 7.77. The molecule has 94 valence electrons. The second-order valence-corrected chi connectivity index (χ2v) is 5.07. The van der Waals surface area contributed by atoms with Gasteiger partial charge >= 0.3 is 0 Å². The summed E-state index contributed by atoms with van der Waals surface area (Å²) in [6.45, 7) is 3.91. The molecule has 0 saturated carbocycles. The Balaban J connectivity index is 2.24. The molecule has 2 atom stereocenters. The van der Waals surface area contributed by atoms with Crippen LogP contribution in [0.3, 0.4) is 0 Å². The third-order valence-corrected chi connectivity index (χ3v) is 3.86. The first-order valence-electron chi connectivity index (χ1n) is 6.69. The van der Waals surface area contributed by atoms with Crippen molar-refractivity contribution in [2.75, 3.05) is 13.2 Å². The molecule has 1 aromatic carbocycles. The molecule has 2 rings (SSSR count). The quantitative estimate of drug-likeness (QED) is 0.867. The lowest BCUT2D eigenvalue weighted by molar-refractivity contribution is 0.0172. The Labute approximate surface area is 104 Å². The van der Waals surface area contributed by atoms with Crippen LogP contribution in [0.25, 0.3) is 0 Å². The van der Waals surface area contributed by atoms with Crippen LogP contribution in [0.5, 0.6) is 0 Å². The SMILES string of the molecule is CCCC(N)(c1ccccc1)C1CCCOC1. The Morgan fingerprint density at radius 1 is 1.35 bits per heavy atom. The van der Waals surface area contributed by atoms with E-state index in [0.717, 1.165) is 32.5 Å². The van der Waals surface area contributed by atoms with Crippen molar-refractivity contribution in [2.24, 2.45) is 11.7 Å². The molecule has 0 spiro atoms. The Morgan fingerprint density at radius 3 is 2.71 bits per heavy atom. The number of hydrogen-bond acceptors (Lipinski definition) is 2. The van der Waals surface area contributed by atoms with E-state index in [0.29, 0.717) is 5.92 Å². The number of benzene rings is 1. The van der Waals surface area contributed by atoms with Gasteiger partial charge in [0.2, 0.25) is 0 Å². The molecule has 0 radical (unpaired) electrons. The van der Waals surface area contributed by atoms with Crippen LogP contribution >= 0.6 is 0 Å². The van der Waals surface area contributed by atoms with E-state index in [2.05, 4.69) is 31.2 Å². The second kappa shape index (κ2) is 5.65. The van der Waals surface area contributed by atoms with Crippen molar-refractivity contribution in [1.29, 1.82) is 0 Å². The molecule has 0 bridgehead atoms. The number of rotatable bonds is 4. The second-order valence-electron chi connectivity index (χ2n) is 5.07. The fourth-order valence-electron chi connectivity index (χ4n) is 2.89. The maximum atomic E-state index is 6.72. The van der Waals surface area contributed by atoms with Gasteiger partial charge in [-0.25, -0.2) is 0 Å². The van der Waals surface area contributed by atoms with Gasteiger partial charge in [0.1, 0.15) is 0 Å². The zero-order chi connectivity index (χ0) is 12.1. The van der Waals surface area contributed by atoms with E-state index in [1.807, 2.05) is 6.07 Å². The molecule has 2 unspecified atom stereocenters. The van der Waals surface area contributed by atoms with Crippen LogP contribution in [-0.2, 0) is 10.3 Å². The summed E-state index contributed by atoms with van der Waals surface area (Å²) in [4.78, 5) is 0. The van der Waals surface area contributed by atoms with Crippen LogP contribution < -0.4 is 5.73 Å². The van der Waals surface area contributed by atoms with Crippen molar-refractivity contribution in [3.63, 3.8) is 0 Å². The third-order valence-electron chi connectivity index (χ3n) is 3.86. The van der Waals surface area contributed by atoms with Crippen molar-refractivity contribution < 1.29 is 4.74 Å². The smallest absolute Gasteiger partial charge is 0.0515 e. The molecule has 1 aliphatic heterocycles. The van der Waals surface area contributed by atoms with Crippen LogP contribution in [0.1, 0.15) is 38.2 Å². The minimum Gasteiger partial charge on any atom is -0.381 e. The Morgan fingerprint density at radius 2 is 2.12 bits per heavy atom.